The summed E-state index contributed by atoms with van der Waals surface area (Å²) in [5, 5.41) is 12.5. The summed E-state index contributed by atoms with van der Waals surface area (Å²) in [5.74, 6) is 2.71. The van der Waals surface area contributed by atoms with Crippen molar-refractivity contribution in [3.63, 3.8) is 0 Å². The van der Waals surface area contributed by atoms with Crippen LogP contribution in [-0.2, 0) is 16.0 Å². The van der Waals surface area contributed by atoms with Gasteiger partial charge < -0.3 is 9.84 Å². The minimum Gasteiger partial charge on any atom is -0.871 e. The Morgan fingerprint density at radius 1 is 1.12 bits per heavy atom. The van der Waals surface area contributed by atoms with E-state index in [1.807, 2.05) is 52.0 Å². The number of carbonyl (C=O) groups is 1. The van der Waals surface area contributed by atoms with Crippen molar-refractivity contribution in [2.75, 3.05) is 0 Å². The Kier molecular flexibility index (Phi) is 4.94. The molecular formula is C22H22O4. The molecule has 0 fully saturated rings. The molecule has 1 aliphatic carbocycles. The molecule has 0 unspecified atom stereocenters. The molecule has 0 N–H and O–H groups in total. The quantitative estimate of drug-likeness (QED) is 0.604. The third-order valence-corrected chi connectivity index (χ3v) is 4.28. The van der Waals surface area contributed by atoms with Gasteiger partial charge in [-0.1, -0.05) is 19.6 Å². The van der Waals surface area contributed by atoms with Crippen molar-refractivity contribution >= 4 is 11.9 Å². The largest absolute Gasteiger partial charge is 0.871 e. The van der Waals surface area contributed by atoms with Crippen LogP contribution in [0.25, 0.3) is 6.08 Å². The van der Waals surface area contributed by atoms with Gasteiger partial charge in [0.2, 0.25) is 0 Å². The van der Waals surface area contributed by atoms with Gasteiger partial charge in [-0.15, -0.1) is 0 Å². The number of rotatable bonds is 4. The van der Waals surface area contributed by atoms with Crippen molar-refractivity contribution in [1.82, 2.24) is 0 Å². The molecule has 0 amide bonds. The van der Waals surface area contributed by atoms with Gasteiger partial charge in [0.1, 0.15) is 11.5 Å². The molecule has 3 rings (SSSR count). The zero-order valence-corrected chi connectivity index (χ0v) is 15.5. The molecule has 0 radical (unpaired) electrons. The average molecular weight is 350 g/mol. The fourth-order valence-corrected chi connectivity index (χ4v) is 3.00. The van der Waals surface area contributed by atoms with Gasteiger partial charge in [-0.2, -0.15) is 0 Å². The van der Waals surface area contributed by atoms with Gasteiger partial charge in [0.05, 0.1) is 13.3 Å². The summed E-state index contributed by atoms with van der Waals surface area (Å²) < 4.78 is 11.1. The highest BCUT2D eigenvalue weighted by atomic mass is 16.5. The lowest BCUT2D eigenvalue weighted by molar-refractivity contribution is -0.300. The number of ketones is 1. The SMILES string of the molecule is CCC1=C/C(=C/C2=C([O-])C(=Cc3cc(C)[o+]c(CC)c3)C2=O)C=C(C)O1. The predicted molar refractivity (Wildman–Crippen MR) is 98.5 cm³/mol. The highest BCUT2D eigenvalue weighted by Crippen LogP contribution is 2.32. The van der Waals surface area contributed by atoms with Gasteiger partial charge >= 0.3 is 11.5 Å². The summed E-state index contributed by atoms with van der Waals surface area (Å²) >= 11 is 0. The molecule has 0 spiro atoms. The van der Waals surface area contributed by atoms with Crippen LogP contribution in [-0.4, -0.2) is 5.78 Å². The molecule has 1 aromatic rings. The maximum atomic E-state index is 12.5. The van der Waals surface area contributed by atoms with Crippen molar-refractivity contribution < 1.29 is 19.1 Å². The molecule has 2 heterocycles. The third kappa shape index (κ3) is 3.54. The second kappa shape index (κ2) is 7.16. The van der Waals surface area contributed by atoms with Crippen LogP contribution in [0.5, 0.6) is 0 Å². The summed E-state index contributed by atoms with van der Waals surface area (Å²) in [6.07, 6.45) is 8.48. The van der Waals surface area contributed by atoms with E-state index in [9.17, 15) is 9.90 Å². The van der Waals surface area contributed by atoms with E-state index in [0.29, 0.717) is 0 Å². The zero-order chi connectivity index (χ0) is 18.8. The molecule has 2 aliphatic rings. The summed E-state index contributed by atoms with van der Waals surface area (Å²) in [6, 6.07) is 3.68. The molecule has 1 aliphatic heterocycles. The van der Waals surface area contributed by atoms with E-state index >= 15 is 0 Å². The van der Waals surface area contributed by atoms with Crippen molar-refractivity contribution in [1.29, 1.82) is 0 Å². The first-order valence-electron chi connectivity index (χ1n) is 8.81. The normalized spacial score (nSPS) is 20.1. The van der Waals surface area contributed by atoms with Gasteiger partial charge in [-0.3, -0.25) is 4.79 Å². The number of carbonyl (C=O) groups excluding carboxylic acids is 1. The molecule has 4 nitrogen and oxygen atoms in total. The van der Waals surface area contributed by atoms with Crippen LogP contribution in [0, 0.1) is 6.92 Å². The average Bonchev–Trinajstić information content (AvgIpc) is 2.63. The van der Waals surface area contributed by atoms with Crippen molar-refractivity contribution in [2.45, 2.75) is 40.5 Å². The Bertz CT molecular complexity index is 923. The number of ether oxygens (including phenoxy) is 1. The predicted octanol–water partition coefficient (Wildman–Crippen LogP) is 4.17. The van der Waals surface area contributed by atoms with E-state index in [1.54, 1.807) is 12.2 Å². The maximum Gasteiger partial charge on any atom is 0.329 e. The fraction of sp³-hybridized carbons (Fsp3) is 0.273. The monoisotopic (exact) mass is 350 g/mol. The molecule has 1 aromatic heterocycles. The topological polar surface area (TPSA) is 60.7 Å². The van der Waals surface area contributed by atoms with E-state index < -0.39 is 0 Å². The maximum absolute atomic E-state index is 12.5. The fourth-order valence-electron chi connectivity index (χ4n) is 3.00. The number of hydrogen-bond acceptors (Lipinski definition) is 3. The summed E-state index contributed by atoms with van der Waals surface area (Å²) in [5.41, 5.74) is 2.06. The molecular weight excluding hydrogens is 328 g/mol. The Labute approximate surface area is 153 Å². The van der Waals surface area contributed by atoms with Gasteiger partial charge in [0.25, 0.3) is 0 Å². The first kappa shape index (κ1) is 17.9. The van der Waals surface area contributed by atoms with E-state index in [2.05, 4.69) is 0 Å². The van der Waals surface area contributed by atoms with Crippen molar-refractivity contribution in [3.05, 3.63) is 81.4 Å². The molecule has 0 aromatic carbocycles. The van der Waals surface area contributed by atoms with Crippen LogP contribution in [0.15, 0.2) is 68.8 Å². The van der Waals surface area contributed by atoms with Gasteiger partial charge in [0.15, 0.2) is 5.78 Å². The standard InChI is InChI=1S/C22H22O4/c1-5-17-9-15(7-13(3)25-17)11-19-21(23)20(22(19)24)12-16-8-14(4)26-18(6-2)10-16/h7-12H,5-6H2,1-4H3. The Hall–Kier alpha value is -2.88. The molecule has 4 heteroatoms. The van der Waals surface area contributed by atoms with Crippen LogP contribution in [0.4, 0.5) is 0 Å². The Morgan fingerprint density at radius 2 is 1.88 bits per heavy atom. The van der Waals surface area contributed by atoms with E-state index in [1.165, 1.54) is 0 Å². The Balaban J connectivity index is 1.93. The molecule has 134 valence electrons. The van der Waals surface area contributed by atoms with Crippen molar-refractivity contribution in [3.8, 4) is 0 Å². The van der Waals surface area contributed by atoms with Crippen LogP contribution < -0.4 is 5.11 Å². The highest BCUT2D eigenvalue weighted by molar-refractivity contribution is 6.23. The second-order valence-corrected chi connectivity index (χ2v) is 6.42. The van der Waals surface area contributed by atoms with E-state index in [0.717, 1.165) is 47.0 Å². The smallest absolute Gasteiger partial charge is 0.329 e. The second-order valence-electron chi connectivity index (χ2n) is 6.42. The minimum absolute atomic E-state index is 0.219. The number of hydrogen-bond donors (Lipinski definition) is 0. The molecule has 26 heavy (non-hydrogen) atoms. The summed E-state index contributed by atoms with van der Waals surface area (Å²) in [6.45, 7) is 7.69. The van der Waals surface area contributed by atoms with Gasteiger partial charge in [0, 0.05) is 29.7 Å². The first-order valence-corrected chi connectivity index (χ1v) is 8.81. The number of aryl methyl sites for hydroxylation is 2. The highest BCUT2D eigenvalue weighted by Gasteiger charge is 2.26. The van der Waals surface area contributed by atoms with Crippen LogP contribution in [0.1, 0.15) is 44.3 Å². The van der Waals surface area contributed by atoms with E-state index in [4.69, 9.17) is 9.15 Å². The first-order chi connectivity index (χ1) is 12.4. The summed E-state index contributed by atoms with van der Waals surface area (Å²) in [7, 11) is 0. The minimum atomic E-state index is -0.219. The Morgan fingerprint density at radius 3 is 2.54 bits per heavy atom. The van der Waals surface area contributed by atoms with E-state index in [-0.39, 0.29) is 22.7 Å². The molecule has 0 saturated heterocycles. The van der Waals surface area contributed by atoms with Crippen LogP contribution >= 0.6 is 0 Å². The zero-order valence-electron chi connectivity index (χ0n) is 15.5. The summed E-state index contributed by atoms with van der Waals surface area (Å²) in [4.78, 5) is 12.5. The van der Waals surface area contributed by atoms with Crippen LogP contribution in [0.3, 0.4) is 0 Å². The van der Waals surface area contributed by atoms with Crippen molar-refractivity contribution in [2.24, 2.45) is 0 Å². The number of allylic oxidation sites excluding steroid dienone is 8. The third-order valence-electron chi connectivity index (χ3n) is 4.28. The van der Waals surface area contributed by atoms with Gasteiger partial charge in [-0.05, 0) is 42.4 Å². The molecule has 0 atom stereocenters. The van der Waals surface area contributed by atoms with Gasteiger partial charge in [-0.25, -0.2) is 4.42 Å². The van der Waals surface area contributed by atoms with Crippen LogP contribution in [0.2, 0.25) is 0 Å². The lowest BCUT2D eigenvalue weighted by atomic mass is 9.85. The lowest BCUT2D eigenvalue weighted by Crippen LogP contribution is -2.29. The molecule has 0 bridgehead atoms. The number of Topliss-reactive ketones (excluding diaryl/α,β-unsaturated/α-hetero) is 1. The lowest BCUT2D eigenvalue weighted by Gasteiger charge is -2.29. The molecule has 0 saturated carbocycles.